The van der Waals surface area contributed by atoms with Gasteiger partial charge in [-0.2, -0.15) is 13.2 Å². The monoisotopic (exact) mass is 577 g/mol. The first-order valence-corrected chi connectivity index (χ1v) is 12.5. The number of likely N-dealkylation sites (N-methyl/N-ethyl adjacent to an activating group) is 1. The maximum absolute atomic E-state index is 14.5. The molecule has 12 heteroatoms. The number of nitrogens with zero attached hydrogens (tertiary/aromatic N) is 2. The van der Waals surface area contributed by atoms with Crippen LogP contribution in [0.3, 0.4) is 0 Å². The zero-order valence-corrected chi connectivity index (χ0v) is 21.0. The number of allylic oxidation sites excluding steroid dienone is 5. The number of alkyl halides is 3. The van der Waals surface area contributed by atoms with Crippen LogP contribution in [0.25, 0.3) is 0 Å². The van der Waals surface area contributed by atoms with Gasteiger partial charge >= 0.3 is 6.18 Å². The zero-order valence-electron chi connectivity index (χ0n) is 19.4. The third-order valence-corrected chi connectivity index (χ3v) is 8.10. The van der Waals surface area contributed by atoms with Gasteiger partial charge in [0.05, 0.1) is 11.6 Å². The fourth-order valence-corrected chi connectivity index (χ4v) is 5.89. The second kappa shape index (κ2) is 9.85. The van der Waals surface area contributed by atoms with Gasteiger partial charge in [-0.1, -0.05) is 34.8 Å². The van der Waals surface area contributed by atoms with Gasteiger partial charge < -0.3 is 10.4 Å². The van der Waals surface area contributed by atoms with E-state index in [1.807, 2.05) is 0 Å². The highest BCUT2D eigenvalue weighted by molar-refractivity contribution is 9.11. The van der Waals surface area contributed by atoms with E-state index in [2.05, 4.69) is 26.2 Å². The Morgan fingerprint density at radius 1 is 1.25 bits per heavy atom. The van der Waals surface area contributed by atoms with Gasteiger partial charge in [-0.05, 0) is 44.7 Å². The number of aliphatic hydroxyl groups is 1. The molecule has 196 valence electrons. The number of amides is 1. The van der Waals surface area contributed by atoms with Gasteiger partial charge in [0.2, 0.25) is 0 Å². The van der Waals surface area contributed by atoms with Crippen molar-refractivity contribution in [2.45, 2.75) is 75.5 Å². The van der Waals surface area contributed by atoms with E-state index in [4.69, 9.17) is 0 Å². The van der Waals surface area contributed by atoms with Crippen LogP contribution in [0.15, 0.2) is 49.8 Å². The van der Waals surface area contributed by atoms with E-state index in [1.165, 1.54) is 6.08 Å². The summed E-state index contributed by atoms with van der Waals surface area (Å²) in [7, 11) is 1.60. The van der Waals surface area contributed by atoms with Crippen molar-refractivity contribution < 1.29 is 36.6 Å². The van der Waals surface area contributed by atoms with Crippen LogP contribution in [0.4, 0.5) is 22.0 Å². The Bertz CT molecular complexity index is 1150. The van der Waals surface area contributed by atoms with Gasteiger partial charge in [-0.25, -0.2) is 13.8 Å². The molecule has 0 saturated heterocycles. The molecule has 1 unspecified atom stereocenters. The molecular weight excluding hydrogens is 553 g/mol. The molecule has 0 radical (unpaired) electrons. The van der Waals surface area contributed by atoms with Crippen molar-refractivity contribution in [1.82, 2.24) is 10.2 Å². The molecule has 1 saturated carbocycles. The molecule has 2 aliphatic carbocycles. The number of nitrogens with one attached hydrogen (secondary N) is 1. The summed E-state index contributed by atoms with van der Waals surface area (Å²) in [6.07, 6.45) is -1.08. The second-order valence-electron chi connectivity index (χ2n) is 9.41. The first kappa shape index (κ1) is 26.7. The molecule has 1 atom stereocenters. The van der Waals surface area contributed by atoms with Crippen LogP contribution >= 0.6 is 15.9 Å². The number of amidine groups is 1. The van der Waals surface area contributed by atoms with Crippen LogP contribution in [0.5, 0.6) is 0 Å². The van der Waals surface area contributed by atoms with E-state index in [-0.39, 0.29) is 48.0 Å². The molecule has 0 aromatic rings. The summed E-state index contributed by atoms with van der Waals surface area (Å²) in [5.74, 6) is -4.55. The maximum atomic E-state index is 14.5. The van der Waals surface area contributed by atoms with E-state index in [0.717, 1.165) is 0 Å². The average Bonchev–Trinajstić information content (AvgIpc) is 3.30. The molecule has 0 aromatic carbocycles. The van der Waals surface area contributed by atoms with Crippen LogP contribution in [0.2, 0.25) is 0 Å². The highest BCUT2D eigenvalue weighted by atomic mass is 79.9. The summed E-state index contributed by atoms with van der Waals surface area (Å²) < 4.78 is 68.0. The Kier molecular flexibility index (Phi) is 7.31. The molecule has 1 spiro atoms. The number of hydrogen-bond acceptors (Lipinski definition) is 5. The Morgan fingerprint density at radius 2 is 1.92 bits per heavy atom. The van der Waals surface area contributed by atoms with E-state index in [0.29, 0.717) is 25.7 Å². The lowest BCUT2D eigenvalue weighted by Gasteiger charge is -2.46. The van der Waals surface area contributed by atoms with Crippen molar-refractivity contribution >= 4 is 33.5 Å². The molecule has 4 rings (SSSR count). The predicted molar refractivity (Wildman–Crippen MR) is 125 cm³/mol. The smallest absolute Gasteiger partial charge is 0.434 e. The summed E-state index contributed by atoms with van der Waals surface area (Å²) in [6.45, 7) is 0. The van der Waals surface area contributed by atoms with Crippen LogP contribution in [0, 0.1) is 0 Å². The van der Waals surface area contributed by atoms with Gasteiger partial charge in [0.25, 0.3) is 5.91 Å². The van der Waals surface area contributed by atoms with Gasteiger partial charge in [0.15, 0.2) is 17.3 Å². The number of carbonyl (C=O) groups excluding carboxylic acids is 2. The predicted octanol–water partition coefficient (Wildman–Crippen LogP) is 5.73. The number of carbonyl (C=O) groups is 2. The maximum Gasteiger partial charge on any atom is 0.434 e. The lowest BCUT2D eigenvalue weighted by molar-refractivity contribution is -0.129. The fourth-order valence-electron chi connectivity index (χ4n) is 5.38. The molecule has 2 N–H and O–H groups in total. The largest absolute Gasteiger partial charge is 0.509 e. The van der Waals surface area contributed by atoms with Gasteiger partial charge in [-0.15, -0.1) is 0 Å². The molecule has 2 heterocycles. The molecule has 2 aliphatic heterocycles. The summed E-state index contributed by atoms with van der Waals surface area (Å²) in [5.41, 5.74) is -2.81. The summed E-state index contributed by atoms with van der Waals surface area (Å²) in [4.78, 5) is 31.8. The number of hydrogen-bond donors (Lipinski definition) is 2. The van der Waals surface area contributed by atoms with Crippen molar-refractivity contribution in [3.8, 4) is 0 Å². The molecule has 4 aliphatic rings. The SMILES string of the molecule is CN1C(CC2=CCCC(F)=C2F)C(=O)C(C(=O)NC2=NC(C(F)(F)F)=C(Br)CC2)=C(O)C12CCCC2. The standard InChI is InChI=1S/C24H25BrF5N3O3/c1-33-15(11-12-5-4-6-14(26)18(12)27)19(34)17(21(35)23(33)9-2-3-10-23)22(36)32-16-8-7-13(25)20(31-16)24(28,29)30/h5,15,35H,2-4,6-11H2,1H3,(H,31,32,36). The summed E-state index contributed by atoms with van der Waals surface area (Å²) in [6, 6.07) is -1.07. The second-order valence-corrected chi connectivity index (χ2v) is 10.4. The van der Waals surface area contributed by atoms with Crippen molar-refractivity contribution in [3.05, 3.63) is 44.8 Å². The van der Waals surface area contributed by atoms with E-state index in [9.17, 15) is 36.6 Å². The minimum Gasteiger partial charge on any atom is -0.509 e. The van der Waals surface area contributed by atoms with Crippen molar-refractivity contribution in [2.24, 2.45) is 4.99 Å². The molecule has 6 nitrogen and oxygen atoms in total. The molecule has 0 bridgehead atoms. The normalized spacial score (nSPS) is 25.5. The zero-order chi connectivity index (χ0) is 26.4. The highest BCUT2D eigenvalue weighted by Crippen LogP contribution is 2.46. The Morgan fingerprint density at radius 3 is 2.56 bits per heavy atom. The minimum atomic E-state index is -4.75. The topological polar surface area (TPSA) is 82.0 Å². The Labute approximate surface area is 212 Å². The molecule has 1 fully saturated rings. The van der Waals surface area contributed by atoms with Gasteiger partial charge in [0.1, 0.15) is 23.0 Å². The van der Waals surface area contributed by atoms with E-state index < -0.39 is 58.1 Å². The number of aliphatic imine (C=N–C) groups is 1. The lowest BCUT2D eigenvalue weighted by Crippen LogP contribution is -2.60. The van der Waals surface area contributed by atoms with Gasteiger partial charge in [-0.3, -0.25) is 14.5 Å². The summed E-state index contributed by atoms with van der Waals surface area (Å²) in [5, 5.41) is 13.4. The van der Waals surface area contributed by atoms with Crippen molar-refractivity contribution in [3.63, 3.8) is 0 Å². The fraction of sp³-hybridized carbons (Fsp3) is 0.542. The minimum absolute atomic E-state index is 0.0136. The van der Waals surface area contributed by atoms with Crippen LogP contribution in [0.1, 0.15) is 57.8 Å². The highest BCUT2D eigenvalue weighted by Gasteiger charge is 2.53. The van der Waals surface area contributed by atoms with E-state index >= 15 is 0 Å². The van der Waals surface area contributed by atoms with Crippen LogP contribution < -0.4 is 5.32 Å². The number of ketones is 1. The number of rotatable bonds is 3. The number of aliphatic hydroxyl groups excluding tert-OH is 1. The van der Waals surface area contributed by atoms with Crippen LogP contribution in [-0.2, 0) is 9.59 Å². The van der Waals surface area contributed by atoms with E-state index in [1.54, 1.807) is 11.9 Å². The summed E-state index contributed by atoms with van der Waals surface area (Å²) >= 11 is 2.86. The van der Waals surface area contributed by atoms with Crippen LogP contribution in [-0.4, -0.2) is 52.3 Å². The first-order valence-electron chi connectivity index (χ1n) is 11.7. The molecule has 1 amide bonds. The quantitative estimate of drug-likeness (QED) is 0.331. The average molecular weight is 578 g/mol. The number of Topliss-reactive ketones (excluding diaryl/α,β-unsaturated/α-hetero) is 1. The third kappa shape index (κ3) is 4.69. The number of halogens is 6. The first-order chi connectivity index (χ1) is 16.9. The Hall–Kier alpha value is -2.34. The third-order valence-electron chi connectivity index (χ3n) is 7.33. The lowest BCUT2D eigenvalue weighted by atomic mass is 9.79. The molecular formula is C24H25BrF5N3O3. The van der Waals surface area contributed by atoms with Crippen molar-refractivity contribution in [1.29, 1.82) is 0 Å². The molecule has 36 heavy (non-hydrogen) atoms. The molecule has 0 aromatic heterocycles. The Balaban J connectivity index is 1.68. The van der Waals surface area contributed by atoms with Crippen molar-refractivity contribution in [2.75, 3.05) is 7.05 Å². The van der Waals surface area contributed by atoms with Gasteiger partial charge in [0, 0.05) is 17.3 Å².